The largest absolute Gasteiger partial charge is 0.465 e. The zero-order valence-corrected chi connectivity index (χ0v) is 16.0. The predicted octanol–water partition coefficient (Wildman–Crippen LogP) is 3.52. The first-order chi connectivity index (χ1) is 11.6. The number of halogens is 1. The van der Waals surface area contributed by atoms with Gasteiger partial charge in [0.05, 0.1) is 24.0 Å². The molecule has 0 heterocycles. The SMILES string of the molecule is CCOC(=O)[C@@H]1CCC/C1=N/NC(=O)CSCc1cccc(Br)c1. The number of hydrogen-bond donors (Lipinski definition) is 1. The zero-order chi connectivity index (χ0) is 17.4. The van der Waals surface area contributed by atoms with Crippen molar-refractivity contribution in [1.82, 2.24) is 5.43 Å². The van der Waals surface area contributed by atoms with Gasteiger partial charge in [0.1, 0.15) is 0 Å². The summed E-state index contributed by atoms with van der Waals surface area (Å²) in [5.41, 5.74) is 4.44. The second kappa shape index (κ2) is 9.84. The Kier molecular flexibility index (Phi) is 7.78. The van der Waals surface area contributed by atoms with Gasteiger partial charge in [-0.05, 0) is 43.9 Å². The highest BCUT2D eigenvalue weighted by Gasteiger charge is 2.30. The van der Waals surface area contributed by atoms with E-state index in [2.05, 4.69) is 26.5 Å². The molecule has 1 saturated carbocycles. The summed E-state index contributed by atoms with van der Waals surface area (Å²) in [6.45, 7) is 2.15. The highest BCUT2D eigenvalue weighted by molar-refractivity contribution is 9.10. The molecule has 1 N–H and O–H groups in total. The lowest BCUT2D eigenvalue weighted by molar-refractivity contribution is -0.145. The third kappa shape index (κ3) is 5.94. The van der Waals surface area contributed by atoms with Crippen LogP contribution in [0.1, 0.15) is 31.7 Å². The van der Waals surface area contributed by atoms with Gasteiger partial charge in [0.15, 0.2) is 0 Å². The van der Waals surface area contributed by atoms with Gasteiger partial charge in [0.2, 0.25) is 5.91 Å². The van der Waals surface area contributed by atoms with Gasteiger partial charge in [-0.1, -0.05) is 28.1 Å². The number of hydrazone groups is 1. The molecule has 0 saturated heterocycles. The van der Waals surface area contributed by atoms with Crippen LogP contribution in [-0.2, 0) is 20.1 Å². The predicted molar refractivity (Wildman–Crippen MR) is 99.9 cm³/mol. The molecule has 1 aliphatic rings. The quantitative estimate of drug-likeness (QED) is 0.549. The molecule has 0 radical (unpaired) electrons. The summed E-state index contributed by atoms with van der Waals surface area (Å²) >= 11 is 4.96. The third-order valence-corrected chi connectivity index (χ3v) is 5.11. The molecule has 1 atom stereocenters. The van der Waals surface area contributed by atoms with Crippen molar-refractivity contribution >= 4 is 45.3 Å². The Morgan fingerprint density at radius 1 is 1.46 bits per heavy atom. The van der Waals surface area contributed by atoms with E-state index in [9.17, 15) is 9.59 Å². The molecule has 0 unspecified atom stereocenters. The molecule has 1 aromatic rings. The van der Waals surface area contributed by atoms with Crippen LogP contribution < -0.4 is 5.43 Å². The number of hydrogen-bond acceptors (Lipinski definition) is 5. The van der Waals surface area contributed by atoms with Crippen molar-refractivity contribution in [3.05, 3.63) is 34.3 Å². The van der Waals surface area contributed by atoms with E-state index in [1.165, 1.54) is 11.8 Å². The van der Waals surface area contributed by atoms with Gasteiger partial charge in [-0.2, -0.15) is 5.10 Å². The molecule has 5 nitrogen and oxygen atoms in total. The highest BCUT2D eigenvalue weighted by atomic mass is 79.9. The number of thioether (sulfide) groups is 1. The van der Waals surface area contributed by atoms with Crippen molar-refractivity contribution in [1.29, 1.82) is 0 Å². The summed E-state index contributed by atoms with van der Waals surface area (Å²) < 4.78 is 6.08. The van der Waals surface area contributed by atoms with E-state index in [0.717, 1.165) is 40.8 Å². The lowest BCUT2D eigenvalue weighted by atomic mass is 10.1. The average molecular weight is 413 g/mol. The molecular formula is C17H21BrN2O3S. The van der Waals surface area contributed by atoms with Crippen molar-refractivity contribution < 1.29 is 14.3 Å². The highest BCUT2D eigenvalue weighted by Crippen LogP contribution is 2.24. The molecule has 24 heavy (non-hydrogen) atoms. The smallest absolute Gasteiger partial charge is 0.314 e. The lowest BCUT2D eigenvalue weighted by Crippen LogP contribution is -2.26. The minimum Gasteiger partial charge on any atom is -0.465 e. The van der Waals surface area contributed by atoms with Gasteiger partial charge < -0.3 is 4.74 Å². The molecule has 1 fully saturated rings. The Morgan fingerprint density at radius 2 is 2.29 bits per heavy atom. The van der Waals surface area contributed by atoms with Crippen molar-refractivity contribution in [2.45, 2.75) is 31.9 Å². The molecular weight excluding hydrogens is 392 g/mol. The first kappa shape index (κ1) is 19.0. The van der Waals surface area contributed by atoms with Gasteiger partial charge in [-0.25, -0.2) is 5.43 Å². The topological polar surface area (TPSA) is 67.8 Å². The summed E-state index contributed by atoms with van der Waals surface area (Å²) in [6.07, 6.45) is 2.37. The van der Waals surface area contributed by atoms with E-state index in [1.807, 2.05) is 24.3 Å². The van der Waals surface area contributed by atoms with Crippen LogP contribution in [-0.4, -0.2) is 29.9 Å². The molecule has 7 heteroatoms. The Morgan fingerprint density at radius 3 is 3.04 bits per heavy atom. The normalized spacial score (nSPS) is 18.6. The van der Waals surface area contributed by atoms with E-state index < -0.39 is 0 Å². The maximum atomic E-state index is 11.9. The van der Waals surface area contributed by atoms with E-state index in [0.29, 0.717) is 12.4 Å². The maximum absolute atomic E-state index is 11.9. The van der Waals surface area contributed by atoms with Gasteiger partial charge >= 0.3 is 5.97 Å². The number of esters is 1. The molecule has 1 amide bonds. The first-order valence-corrected chi connectivity index (χ1v) is 9.89. The van der Waals surface area contributed by atoms with Crippen LogP contribution in [0.4, 0.5) is 0 Å². The van der Waals surface area contributed by atoms with Crippen molar-refractivity contribution in [3.8, 4) is 0 Å². The monoisotopic (exact) mass is 412 g/mol. The molecule has 0 aromatic heterocycles. The molecule has 0 aliphatic heterocycles. The van der Waals surface area contributed by atoms with Gasteiger partial charge in [0.25, 0.3) is 0 Å². The fourth-order valence-corrected chi connectivity index (χ4v) is 3.73. The second-order valence-electron chi connectivity index (χ2n) is 5.46. The minimum absolute atomic E-state index is 0.156. The zero-order valence-electron chi connectivity index (χ0n) is 13.6. The molecule has 1 aromatic carbocycles. The lowest BCUT2D eigenvalue weighted by Gasteiger charge is -2.10. The Balaban J connectivity index is 1.76. The summed E-state index contributed by atoms with van der Waals surface area (Å²) in [5.74, 6) is 0.381. The Bertz CT molecular complexity index is 622. The van der Waals surface area contributed by atoms with Crippen LogP contribution in [0.2, 0.25) is 0 Å². The molecule has 2 rings (SSSR count). The molecule has 0 spiro atoms. The van der Waals surface area contributed by atoms with E-state index in [1.54, 1.807) is 6.92 Å². The van der Waals surface area contributed by atoms with Crippen molar-refractivity contribution in [2.75, 3.05) is 12.4 Å². The maximum Gasteiger partial charge on any atom is 0.314 e. The number of amides is 1. The second-order valence-corrected chi connectivity index (χ2v) is 7.36. The van der Waals surface area contributed by atoms with E-state index in [4.69, 9.17) is 4.74 Å². The average Bonchev–Trinajstić information content (AvgIpc) is 3.02. The number of rotatable bonds is 7. The standard InChI is InChI=1S/C17H21BrN2O3S/c1-2-23-17(22)14-7-4-8-15(14)19-20-16(21)11-24-10-12-5-3-6-13(18)9-12/h3,5-6,9,14H,2,4,7-8,10-11H2,1H3,(H,20,21)/b19-15-/t14-/m1/s1. The first-order valence-electron chi connectivity index (χ1n) is 7.94. The number of carbonyl (C=O) groups is 2. The summed E-state index contributed by atoms with van der Waals surface area (Å²) in [4.78, 5) is 23.7. The van der Waals surface area contributed by atoms with Crippen molar-refractivity contribution in [3.63, 3.8) is 0 Å². The van der Waals surface area contributed by atoms with Crippen molar-refractivity contribution in [2.24, 2.45) is 11.0 Å². The van der Waals surface area contributed by atoms with Crippen LogP contribution in [0, 0.1) is 5.92 Å². The van der Waals surface area contributed by atoms with Crippen LogP contribution in [0.5, 0.6) is 0 Å². The fraction of sp³-hybridized carbons (Fsp3) is 0.471. The number of carbonyl (C=O) groups excluding carboxylic acids is 2. The Labute approximate surface area is 154 Å². The van der Waals surface area contributed by atoms with Crippen LogP contribution in [0.3, 0.4) is 0 Å². The number of nitrogens with zero attached hydrogens (tertiary/aromatic N) is 1. The van der Waals surface area contributed by atoms with Crippen LogP contribution in [0.15, 0.2) is 33.8 Å². The summed E-state index contributed by atoms with van der Waals surface area (Å²) in [5, 5.41) is 4.14. The molecule has 0 bridgehead atoms. The van der Waals surface area contributed by atoms with Gasteiger partial charge in [-0.3, -0.25) is 9.59 Å². The number of benzene rings is 1. The van der Waals surface area contributed by atoms with E-state index >= 15 is 0 Å². The number of ether oxygens (including phenoxy) is 1. The van der Waals surface area contributed by atoms with Gasteiger partial charge in [-0.15, -0.1) is 11.8 Å². The molecule has 1 aliphatic carbocycles. The minimum atomic E-state index is -0.306. The summed E-state index contributed by atoms with van der Waals surface area (Å²) in [7, 11) is 0. The van der Waals surface area contributed by atoms with Gasteiger partial charge in [0, 0.05) is 10.2 Å². The number of nitrogens with one attached hydrogen (secondary N) is 1. The van der Waals surface area contributed by atoms with E-state index in [-0.39, 0.29) is 17.8 Å². The Hall–Kier alpha value is -1.34. The van der Waals surface area contributed by atoms with Crippen LogP contribution in [0.25, 0.3) is 0 Å². The summed E-state index contributed by atoms with van der Waals surface area (Å²) in [6, 6.07) is 8.01. The third-order valence-electron chi connectivity index (χ3n) is 3.61. The van der Waals surface area contributed by atoms with Crippen LogP contribution >= 0.6 is 27.7 Å². The molecule has 130 valence electrons. The fourth-order valence-electron chi connectivity index (χ4n) is 2.51.